The van der Waals surface area contributed by atoms with Crippen LogP contribution < -0.4 is 4.74 Å². The van der Waals surface area contributed by atoms with Gasteiger partial charge in [0.2, 0.25) is 5.78 Å². The Labute approximate surface area is 138 Å². The third-order valence-electron chi connectivity index (χ3n) is 3.36. The van der Waals surface area contributed by atoms with Crippen LogP contribution in [-0.4, -0.2) is 11.9 Å². The van der Waals surface area contributed by atoms with E-state index in [0.717, 1.165) is 15.6 Å². The second-order valence-corrected chi connectivity index (χ2v) is 6.32. The van der Waals surface area contributed by atoms with Gasteiger partial charge in [0, 0.05) is 10.0 Å². The van der Waals surface area contributed by atoms with Crippen LogP contribution in [0.4, 0.5) is 0 Å². The number of ketones is 1. The quantitative estimate of drug-likeness (QED) is 0.679. The van der Waals surface area contributed by atoms with Crippen molar-refractivity contribution in [3.8, 4) is 5.75 Å². The van der Waals surface area contributed by atoms with Gasteiger partial charge in [-0.05, 0) is 56.2 Å². The Hall–Kier alpha value is -1.32. The van der Waals surface area contributed by atoms with Crippen LogP contribution in [0.5, 0.6) is 5.75 Å². The van der Waals surface area contributed by atoms with Gasteiger partial charge in [-0.1, -0.05) is 39.7 Å². The van der Waals surface area contributed by atoms with Crippen molar-refractivity contribution in [1.29, 1.82) is 0 Å². The maximum absolute atomic E-state index is 12.4. The van der Waals surface area contributed by atoms with Gasteiger partial charge in [-0.2, -0.15) is 0 Å². The molecule has 0 aliphatic rings. The van der Waals surface area contributed by atoms with Gasteiger partial charge in [-0.25, -0.2) is 0 Å². The molecule has 0 aromatic heterocycles. The molecule has 4 heteroatoms. The molecule has 0 saturated heterocycles. The number of halogens is 2. The molecule has 0 heterocycles. The van der Waals surface area contributed by atoms with Gasteiger partial charge in [0.1, 0.15) is 5.75 Å². The molecule has 2 nitrogen and oxygen atoms in total. The largest absolute Gasteiger partial charge is 0.481 e. The van der Waals surface area contributed by atoms with Gasteiger partial charge in [0.15, 0.2) is 6.10 Å². The van der Waals surface area contributed by atoms with E-state index in [9.17, 15) is 4.79 Å². The Kier molecular flexibility index (Phi) is 5.07. The number of aryl methyl sites for hydroxylation is 2. The molecule has 2 aromatic carbocycles. The summed E-state index contributed by atoms with van der Waals surface area (Å²) >= 11 is 9.44. The van der Waals surface area contributed by atoms with E-state index in [0.29, 0.717) is 16.3 Å². The Morgan fingerprint density at radius 1 is 1.14 bits per heavy atom. The number of ether oxygens (including phenoxy) is 1. The molecule has 0 fully saturated rings. The number of Topliss-reactive ketones (excluding diaryl/α,β-unsaturated/α-hetero) is 1. The van der Waals surface area contributed by atoms with Crippen LogP contribution in [0, 0.1) is 13.8 Å². The Bertz CT molecular complexity index is 682. The molecule has 0 aliphatic heterocycles. The monoisotopic (exact) mass is 366 g/mol. The number of carbonyl (C=O) groups is 1. The molecule has 0 saturated carbocycles. The first kappa shape index (κ1) is 16.1. The number of hydrogen-bond acceptors (Lipinski definition) is 2. The van der Waals surface area contributed by atoms with Crippen molar-refractivity contribution in [3.05, 3.63) is 62.6 Å². The zero-order chi connectivity index (χ0) is 15.6. The summed E-state index contributed by atoms with van der Waals surface area (Å²) in [6.45, 7) is 5.74. The van der Waals surface area contributed by atoms with E-state index in [-0.39, 0.29) is 5.78 Å². The zero-order valence-corrected chi connectivity index (χ0v) is 14.5. The lowest BCUT2D eigenvalue weighted by Gasteiger charge is -2.15. The Morgan fingerprint density at radius 2 is 1.86 bits per heavy atom. The first-order valence-corrected chi connectivity index (χ1v) is 7.78. The lowest BCUT2D eigenvalue weighted by Crippen LogP contribution is -2.24. The summed E-state index contributed by atoms with van der Waals surface area (Å²) in [6, 6.07) is 11.0. The van der Waals surface area contributed by atoms with E-state index in [2.05, 4.69) is 15.9 Å². The van der Waals surface area contributed by atoms with Gasteiger partial charge in [0.25, 0.3) is 0 Å². The third kappa shape index (κ3) is 3.86. The molecule has 2 aromatic rings. The second-order valence-electron chi connectivity index (χ2n) is 5.00. The second kappa shape index (κ2) is 6.63. The molecular weight excluding hydrogens is 352 g/mol. The molecule has 0 amide bonds. The normalized spacial score (nSPS) is 12.0. The van der Waals surface area contributed by atoms with Gasteiger partial charge >= 0.3 is 0 Å². The summed E-state index contributed by atoms with van der Waals surface area (Å²) in [5.74, 6) is 0.446. The molecule has 21 heavy (non-hydrogen) atoms. The first-order valence-electron chi connectivity index (χ1n) is 6.61. The van der Waals surface area contributed by atoms with Crippen LogP contribution in [-0.2, 0) is 0 Å². The molecule has 0 spiro atoms. The highest BCUT2D eigenvalue weighted by Gasteiger charge is 2.18. The number of carbonyl (C=O) groups excluding carboxylic acids is 1. The fourth-order valence-electron chi connectivity index (χ4n) is 1.94. The zero-order valence-electron chi connectivity index (χ0n) is 12.1. The van der Waals surface area contributed by atoms with Crippen LogP contribution >= 0.6 is 27.5 Å². The van der Waals surface area contributed by atoms with Gasteiger partial charge < -0.3 is 4.74 Å². The van der Waals surface area contributed by atoms with E-state index in [1.807, 2.05) is 38.1 Å². The molecule has 0 N–H and O–H groups in total. The minimum atomic E-state index is -0.592. The number of rotatable bonds is 4. The Morgan fingerprint density at radius 3 is 2.48 bits per heavy atom. The predicted octanol–water partition coefficient (Wildman–Crippen LogP) is 5.37. The standard InChI is InChI=1S/C17H16BrClO2/c1-10-4-5-13(8-11(10)2)17(20)12(3)21-16-7-6-14(18)9-15(16)19/h4-9,12H,1-3H3. The average molecular weight is 368 g/mol. The summed E-state index contributed by atoms with van der Waals surface area (Å²) in [6.07, 6.45) is -0.592. The highest BCUT2D eigenvalue weighted by atomic mass is 79.9. The SMILES string of the molecule is Cc1ccc(C(=O)C(C)Oc2ccc(Br)cc2Cl)cc1C. The van der Waals surface area contributed by atoms with Crippen molar-refractivity contribution in [2.24, 2.45) is 0 Å². The summed E-state index contributed by atoms with van der Waals surface area (Å²) in [7, 11) is 0. The smallest absolute Gasteiger partial charge is 0.203 e. The van der Waals surface area contributed by atoms with E-state index >= 15 is 0 Å². The van der Waals surface area contributed by atoms with E-state index in [1.54, 1.807) is 19.1 Å². The molecule has 0 radical (unpaired) electrons. The third-order valence-corrected chi connectivity index (χ3v) is 4.15. The lowest BCUT2D eigenvalue weighted by atomic mass is 10.0. The maximum atomic E-state index is 12.4. The fraction of sp³-hybridized carbons (Fsp3) is 0.235. The van der Waals surface area contributed by atoms with Crippen LogP contribution in [0.2, 0.25) is 5.02 Å². The molecule has 0 bridgehead atoms. The Balaban J connectivity index is 2.17. The van der Waals surface area contributed by atoms with Gasteiger partial charge in [0.05, 0.1) is 5.02 Å². The molecule has 1 unspecified atom stereocenters. The molecule has 0 aliphatic carbocycles. The van der Waals surface area contributed by atoms with Crippen molar-refractivity contribution >= 4 is 33.3 Å². The lowest BCUT2D eigenvalue weighted by molar-refractivity contribution is 0.0818. The fourth-order valence-corrected chi connectivity index (χ4v) is 2.66. The number of hydrogen-bond donors (Lipinski definition) is 0. The first-order chi connectivity index (χ1) is 9.88. The van der Waals surface area contributed by atoms with Crippen molar-refractivity contribution in [3.63, 3.8) is 0 Å². The topological polar surface area (TPSA) is 26.3 Å². The minimum Gasteiger partial charge on any atom is -0.481 e. The summed E-state index contributed by atoms with van der Waals surface area (Å²) in [4.78, 5) is 12.4. The van der Waals surface area contributed by atoms with Crippen LogP contribution in [0.1, 0.15) is 28.4 Å². The maximum Gasteiger partial charge on any atom is 0.203 e. The molecule has 1 atom stereocenters. The van der Waals surface area contributed by atoms with Crippen LogP contribution in [0.25, 0.3) is 0 Å². The predicted molar refractivity (Wildman–Crippen MR) is 89.5 cm³/mol. The number of benzene rings is 2. The summed E-state index contributed by atoms with van der Waals surface area (Å²) < 4.78 is 6.55. The highest BCUT2D eigenvalue weighted by molar-refractivity contribution is 9.10. The van der Waals surface area contributed by atoms with Gasteiger partial charge in [-0.3, -0.25) is 4.79 Å². The van der Waals surface area contributed by atoms with Crippen molar-refractivity contribution in [1.82, 2.24) is 0 Å². The summed E-state index contributed by atoms with van der Waals surface area (Å²) in [5, 5.41) is 0.476. The van der Waals surface area contributed by atoms with E-state index in [4.69, 9.17) is 16.3 Å². The highest BCUT2D eigenvalue weighted by Crippen LogP contribution is 2.29. The van der Waals surface area contributed by atoms with Crippen molar-refractivity contribution in [2.45, 2.75) is 26.9 Å². The van der Waals surface area contributed by atoms with E-state index < -0.39 is 6.10 Å². The van der Waals surface area contributed by atoms with Crippen LogP contribution in [0.3, 0.4) is 0 Å². The summed E-state index contributed by atoms with van der Waals surface area (Å²) in [5.41, 5.74) is 2.91. The molecule has 110 valence electrons. The van der Waals surface area contributed by atoms with Crippen LogP contribution in [0.15, 0.2) is 40.9 Å². The van der Waals surface area contributed by atoms with Crippen molar-refractivity contribution in [2.75, 3.05) is 0 Å². The molecular formula is C17H16BrClO2. The van der Waals surface area contributed by atoms with Crippen molar-refractivity contribution < 1.29 is 9.53 Å². The molecule has 2 rings (SSSR count). The average Bonchev–Trinajstić information content (AvgIpc) is 2.44. The van der Waals surface area contributed by atoms with Gasteiger partial charge in [-0.15, -0.1) is 0 Å². The van der Waals surface area contributed by atoms with E-state index in [1.165, 1.54) is 0 Å². The minimum absolute atomic E-state index is 0.0583.